The van der Waals surface area contributed by atoms with E-state index in [1.165, 1.54) is 24.0 Å². The Hall–Kier alpha value is -1.06. The van der Waals surface area contributed by atoms with Crippen LogP contribution in [0.1, 0.15) is 30.9 Å². The van der Waals surface area contributed by atoms with E-state index in [-0.39, 0.29) is 5.41 Å². The lowest BCUT2D eigenvalue weighted by Gasteiger charge is -2.48. The van der Waals surface area contributed by atoms with Gasteiger partial charge in [0.25, 0.3) is 0 Å². The van der Waals surface area contributed by atoms with Crippen molar-refractivity contribution in [1.82, 2.24) is 5.32 Å². The summed E-state index contributed by atoms with van der Waals surface area (Å²) in [5.74, 6) is 1.82. The molecular formula is C17H27NO2. The molecule has 0 atom stereocenters. The molecule has 0 bridgehead atoms. The second kappa shape index (κ2) is 6.59. The minimum Gasteiger partial charge on any atom is -0.496 e. The zero-order valence-electron chi connectivity index (χ0n) is 13.2. The maximum Gasteiger partial charge on any atom is 0.122 e. The standard InChI is InChI=1S/C17H27NO2/c1-13-5-6-16(20-4)15(9-13)17(10-14(2)11-17)12-18-7-8-19-3/h5-6,9,14,18H,7-8,10-12H2,1-4H3. The van der Waals surface area contributed by atoms with Crippen LogP contribution in [0.2, 0.25) is 0 Å². The molecule has 3 nitrogen and oxygen atoms in total. The largest absolute Gasteiger partial charge is 0.496 e. The normalized spacial score (nSPS) is 25.3. The van der Waals surface area contributed by atoms with Gasteiger partial charge in [-0.3, -0.25) is 0 Å². The second-order valence-electron chi connectivity index (χ2n) is 6.17. The average Bonchev–Trinajstić information content (AvgIpc) is 2.41. The first kappa shape index (κ1) is 15.3. The third-order valence-corrected chi connectivity index (χ3v) is 4.35. The third-order valence-electron chi connectivity index (χ3n) is 4.35. The van der Waals surface area contributed by atoms with E-state index in [9.17, 15) is 0 Å². The number of rotatable bonds is 7. The zero-order valence-corrected chi connectivity index (χ0v) is 13.2. The lowest BCUT2D eigenvalue weighted by molar-refractivity contribution is 0.140. The summed E-state index contributed by atoms with van der Waals surface area (Å²) >= 11 is 0. The highest BCUT2D eigenvalue weighted by molar-refractivity contribution is 5.44. The zero-order chi connectivity index (χ0) is 14.6. The summed E-state index contributed by atoms with van der Waals surface area (Å²) in [5.41, 5.74) is 2.89. The molecule has 1 aliphatic carbocycles. The predicted molar refractivity (Wildman–Crippen MR) is 82.6 cm³/mol. The van der Waals surface area contributed by atoms with Crippen molar-refractivity contribution in [3.05, 3.63) is 29.3 Å². The average molecular weight is 277 g/mol. The van der Waals surface area contributed by atoms with Crippen molar-refractivity contribution >= 4 is 0 Å². The fourth-order valence-electron chi connectivity index (χ4n) is 3.47. The number of hydrogen-bond acceptors (Lipinski definition) is 3. The summed E-state index contributed by atoms with van der Waals surface area (Å²) in [6.07, 6.45) is 2.46. The summed E-state index contributed by atoms with van der Waals surface area (Å²) in [5, 5.41) is 3.54. The Balaban J connectivity index is 2.17. The van der Waals surface area contributed by atoms with E-state index in [2.05, 4.69) is 37.4 Å². The molecule has 0 aromatic heterocycles. The van der Waals surface area contributed by atoms with Gasteiger partial charge >= 0.3 is 0 Å². The van der Waals surface area contributed by atoms with E-state index < -0.39 is 0 Å². The molecule has 1 N–H and O–H groups in total. The van der Waals surface area contributed by atoms with E-state index in [0.29, 0.717) is 0 Å². The van der Waals surface area contributed by atoms with Crippen LogP contribution in [0.3, 0.4) is 0 Å². The smallest absolute Gasteiger partial charge is 0.122 e. The van der Waals surface area contributed by atoms with E-state index in [1.807, 2.05) is 0 Å². The molecule has 0 saturated heterocycles. The fourth-order valence-corrected chi connectivity index (χ4v) is 3.47. The van der Waals surface area contributed by atoms with Crippen molar-refractivity contribution in [2.45, 2.75) is 32.1 Å². The number of benzene rings is 1. The quantitative estimate of drug-likeness (QED) is 0.777. The Bertz CT molecular complexity index is 439. The molecule has 0 aliphatic heterocycles. The molecule has 0 radical (unpaired) electrons. The van der Waals surface area contributed by atoms with Crippen LogP contribution in [-0.4, -0.2) is 33.9 Å². The Kier molecular flexibility index (Phi) is 5.06. The number of hydrogen-bond donors (Lipinski definition) is 1. The van der Waals surface area contributed by atoms with Crippen molar-refractivity contribution in [3.8, 4) is 5.75 Å². The van der Waals surface area contributed by atoms with Crippen LogP contribution in [0.15, 0.2) is 18.2 Å². The topological polar surface area (TPSA) is 30.5 Å². The Labute approximate surface area is 122 Å². The van der Waals surface area contributed by atoms with Gasteiger partial charge < -0.3 is 14.8 Å². The number of ether oxygens (including phenoxy) is 2. The first-order valence-corrected chi connectivity index (χ1v) is 7.46. The summed E-state index contributed by atoms with van der Waals surface area (Å²) in [7, 11) is 3.51. The van der Waals surface area contributed by atoms with E-state index in [1.54, 1.807) is 14.2 Å². The highest BCUT2D eigenvalue weighted by atomic mass is 16.5. The van der Waals surface area contributed by atoms with Crippen LogP contribution < -0.4 is 10.1 Å². The van der Waals surface area contributed by atoms with Crippen LogP contribution in [0, 0.1) is 12.8 Å². The monoisotopic (exact) mass is 277 g/mol. The lowest BCUT2D eigenvalue weighted by atomic mass is 9.58. The Morgan fingerprint density at radius 3 is 2.65 bits per heavy atom. The van der Waals surface area contributed by atoms with Gasteiger partial charge in [0.05, 0.1) is 13.7 Å². The SMILES string of the molecule is COCCNCC1(c2cc(C)ccc2OC)CC(C)C1. The number of methoxy groups -OCH3 is 2. The summed E-state index contributed by atoms with van der Waals surface area (Å²) in [4.78, 5) is 0. The highest BCUT2D eigenvalue weighted by Gasteiger charge is 2.44. The minimum atomic E-state index is 0.227. The lowest BCUT2D eigenvalue weighted by Crippen LogP contribution is -2.48. The van der Waals surface area contributed by atoms with Crippen LogP contribution in [0.25, 0.3) is 0 Å². The van der Waals surface area contributed by atoms with E-state index >= 15 is 0 Å². The van der Waals surface area contributed by atoms with Gasteiger partial charge in [-0.1, -0.05) is 24.6 Å². The van der Waals surface area contributed by atoms with E-state index in [0.717, 1.165) is 31.4 Å². The number of nitrogens with one attached hydrogen (secondary N) is 1. The highest BCUT2D eigenvalue weighted by Crippen LogP contribution is 2.50. The maximum absolute atomic E-state index is 5.59. The molecule has 112 valence electrons. The van der Waals surface area contributed by atoms with Crippen LogP contribution in [-0.2, 0) is 10.2 Å². The predicted octanol–water partition coefficient (Wildman–Crippen LogP) is 2.91. The van der Waals surface area contributed by atoms with Crippen LogP contribution in [0.5, 0.6) is 5.75 Å². The Morgan fingerprint density at radius 1 is 1.30 bits per heavy atom. The molecule has 0 spiro atoms. The van der Waals surface area contributed by atoms with Gasteiger partial charge in [0.1, 0.15) is 5.75 Å². The molecule has 3 heteroatoms. The van der Waals surface area contributed by atoms with Crippen molar-refractivity contribution in [1.29, 1.82) is 0 Å². The van der Waals surface area contributed by atoms with Crippen molar-refractivity contribution in [3.63, 3.8) is 0 Å². The molecule has 1 saturated carbocycles. The minimum absolute atomic E-state index is 0.227. The van der Waals surface area contributed by atoms with Crippen molar-refractivity contribution in [2.24, 2.45) is 5.92 Å². The summed E-state index contributed by atoms with van der Waals surface area (Å²) in [6.45, 7) is 7.14. The number of aryl methyl sites for hydroxylation is 1. The second-order valence-corrected chi connectivity index (χ2v) is 6.17. The van der Waals surface area contributed by atoms with Gasteiger partial charge in [-0.2, -0.15) is 0 Å². The molecule has 0 heterocycles. The summed E-state index contributed by atoms with van der Waals surface area (Å²) < 4.78 is 10.7. The molecule has 1 aromatic carbocycles. The van der Waals surface area contributed by atoms with Crippen LogP contribution in [0.4, 0.5) is 0 Å². The van der Waals surface area contributed by atoms with Crippen molar-refractivity contribution in [2.75, 3.05) is 33.9 Å². The molecule has 1 aliphatic rings. The van der Waals surface area contributed by atoms with Crippen molar-refractivity contribution < 1.29 is 9.47 Å². The van der Waals surface area contributed by atoms with E-state index in [4.69, 9.17) is 9.47 Å². The fraction of sp³-hybridized carbons (Fsp3) is 0.647. The molecule has 1 fully saturated rings. The van der Waals surface area contributed by atoms with Gasteiger partial charge in [-0.05, 0) is 31.7 Å². The van der Waals surface area contributed by atoms with Gasteiger partial charge in [0.15, 0.2) is 0 Å². The molecule has 2 rings (SSSR count). The molecule has 20 heavy (non-hydrogen) atoms. The van der Waals surface area contributed by atoms with Crippen LogP contribution >= 0.6 is 0 Å². The Morgan fingerprint density at radius 2 is 2.05 bits per heavy atom. The summed E-state index contributed by atoms with van der Waals surface area (Å²) in [6, 6.07) is 6.52. The first-order chi connectivity index (χ1) is 9.61. The third kappa shape index (κ3) is 3.15. The maximum atomic E-state index is 5.59. The molecule has 0 amide bonds. The van der Waals surface area contributed by atoms with Gasteiger partial charge in [0, 0.05) is 31.2 Å². The van der Waals surface area contributed by atoms with Gasteiger partial charge in [-0.25, -0.2) is 0 Å². The van der Waals surface area contributed by atoms with Gasteiger partial charge in [0.2, 0.25) is 0 Å². The molecule has 1 aromatic rings. The first-order valence-electron chi connectivity index (χ1n) is 7.46. The molecule has 0 unspecified atom stereocenters. The molecular weight excluding hydrogens is 250 g/mol. The van der Waals surface area contributed by atoms with Gasteiger partial charge in [-0.15, -0.1) is 0 Å².